The molecule has 0 bridgehead atoms. The lowest BCUT2D eigenvalue weighted by atomic mass is 10.0. The van der Waals surface area contributed by atoms with Crippen LogP contribution in [0.5, 0.6) is 5.75 Å². The Labute approximate surface area is 224 Å². The van der Waals surface area contributed by atoms with Crippen molar-refractivity contribution in [2.75, 3.05) is 0 Å². The number of carbonyl (C=O) groups is 3. The van der Waals surface area contributed by atoms with Gasteiger partial charge in [0.25, 0.3) is 11.1 Å². The topological polar surface area (TPSA) is 63.7 Å². The van der Waals surface area contributed by atoms with E-state index in [1.54, 1.807) is 48.5 Å². The molecular formula is C28H17BrClNO4S. The lowest BCUT2D eigenvalue weighted by molar-refractivity contribution is -0.123. The summed E-state index contributed by atoms with van der Waals surface area (Å²) in [5.41, 5.74) is 1.58. The first kappa shape index (κ1) is 24.3. The van der Waals surface area contributed by atoms with Crippen molar-refractivity contribution in [1.82, 2.24) is 4.90 Å². The minimum Gasteiger partial charge on any atom is -0.422 e. The average Bonchev–Trinajstić information content (AvgIpc) is 3.13. The summed E-state index contributed by atoms with van der Waals surface area (Å²) < 4.78 is 6.33. The molecule has 0 radical (unpaired) electrons. The smallest absolute Gasteiger partial charge is 0.345 e. The monoisotopic (exact) mass is 577 g/mol. The van der Waals surface area contributed by atoms with Gasteiger partial charge in [-0.3, -0.25) is 14.5 Å². The fourth-order valence-corrected chi connectivity index (χ4v) is 5.31. The number of hydrogen-bond acceptors (Lipinski definition) is 5. The first-order valence-electron chi connectivity index (χ1n) is 10.9. The number of rotatable bonds is 5. The molecule has 0 N–H and O–H groups in total. The highest BCUT2D eigenvalue weighted by molar-refractivity contribution is 9.10. The Bertz CT molecular complexity index is 1560. The van der Waals surface area contributed by atoms with Crippen LogP contribution in [0.3, 0.4) is 0 Å². The van der Waals surface area contributed by atoms with Crippen molar-refractivity contribution in [3.8, 4) is 5.75 Å². The van der Waals surface area contributed by atoms with Crippen molar-refractivity contribution < 1.29 is 19.1 Å². The van der Waals surface area contributed by atoms with Gasteiger partial charge in [0, 0.05) is 10.0 Å². The number of hydrogen-bond donors (Lipinski definition) is 0. The van der Waals surface area contributed by atoms with Gasteiger partial charge in [-0.25, -0.2) is 4.79 Å². The molecule has 1 aliphatic heterocycles. The number of benzene rings is 4. The highest BCUT2D eigenvalue weighted by Gasteiger charge is 2.35. The summed E-state index contributed by atoms with van der Waals surface area (Å²) in [7, 11) is 0. The predicted octanol–water partition coefficient (Wildman–Crippen LogP) is 7.71. The largest absolute Gasteiger partial charge is 0.422 e. The quantitative estimate of drug-likeness (QED) is 0.138. The molecule has 2 amide bonds. The maximum atomic E-state index is 13.2. The zero-order valence-corrected chi connectivity index (χ0v) is 21.8. The molecule has 178 valence electrons. The zero-order chi connectivity index (χ0) is 25.2. The number of fused-ring (bicyclic) bond motifs is 1. The van der Waals surface area contributed by atoms with Gasteiger partial charge in [0.2, 0.25) is 0 Å². The molecule has 0 atom stereocenters. The Morgan fingerprint density at radius 1 is 0.972 bits per heavy atom. The number of amides is 2. The Hall–Kier alpha value is -3.39. The number of nitrogens with zero attached hydrogens (tertiary/aromatic N) is 1. The lowest BCUT2D eigenvalue weighted by Gasteiger charge is -2.14. The van der Waals surface area contributed by atoms with Crippen molar-refractivity contribution >= 4 is 73.3 Å². The second kappa shape index (κ2) is 10.3. The summed E-state index contributed by atoms with van der Waals surface area (Å²) >= 11 is 10.4. The van der Waals surface area contributed by atoms with Gasteiger partial charge in [-0.05, 0) is 64.5 Å². The van der Waals surface area contributed by atoms with Gasteiger partial charge in [-0.15, -0.1) is 0 Å². The lowest BCUT2D eigenvalue weighted by Crippen LogP contribution is -2.27. The van der Waals surface area contributed by atoms with E-state index in [-0.39, 0.29) is 33.0 Å². The minimum atomic E-state index is -0.623. The average molecular weight is 579 g/mol. The summed E-state index contributed by atoms with van der Waals surface area (Å²) in [4.78, 5) is 40.2. The predicted molar refractivity (Wildman–Crippen MR) is 146 cm³/mol. The first-order chi connectivity index (χ1) is 17.4. The highest BCUT2D eigenvalue weighted by Crippen LogP contribution is 2.36. The summed E-state index contributed by atoms with van der Waals surface area (Å²) in [6, 6.07) is 25.3. The summed E-state index contributed by atoms with van der Waals surface area (Å²) in [6.07, 6.45) is 1.56. The van der Waals surface area contributed by atoms with Gasteiger partial charge in [0.05, 0.1) is 22.0 Å². The molecule has 5 nitrogen and oxygen atoms in total. The number of thioether (sulfide) groups is 1. The number of esters is 1. The van der Waals surface area contributed by atoms with Crippen LogP contribution in [0, 0.1) is 0 Å². The Morgan fingerprint density at radius 2 is 1.72 bits per heavy atom. The fraction of sp³-hybridized carbons (Fsp3) is 0.0357. The van der Waals surface area contributed by atoms with E-state index in [0.29, 0.717) is 5.56 Å². The van der Waals surface area contributed by atoms with E-state index in [1.807, 2.05) is 42.5 Å². The normalized spacial score (nSPS) is 14.6. The fourth-order valence-electron chi connectivity index (χ4n) is 3.88. The van der Waals surface area contributed by atoms with Crippen LogP contribution in [0.2, 0.25) is 5.02 Å². The molecule has 8 heteroatoms. The molecule has 1 saturated heterocycles. The molecule has 1 aliphatic rings. The maximum Gasteiger partial charge on any atom is 0.345 e. The van der Waals surface area contributed by atoms with E-state index in [9.17, 15) is 14.4 Å². The van der Waals surface area contributed by atoms with Crippen LogP contribution in [0.15, 0.2) is 94.3 Å². The van der Waals surface area contributed by atoms with E-state index >= 15 is 0 Å². The van der Waals surface area contributed by atoms with Crippen molar-refractivity contribution in [2.24, 2.45) is 0 Å². The number of carbonyl (C=O) groups excluding carboxylic acids is 3. The molecule has 36 heavy (non-hydrogen) atoms. The molecule has 5 rings (SSSR count). The standard InChI is InChI=1S/C28H17BrClNO4S/c29-20-12-13-24(35-27(33)22-10-3-4-11-23(22)30)19(14-20)15-25-26(32)31(28(34)36-25)16-18-8-5-7-17-6-1-2-9-21(17)18/h1-15H,16H2/b25-15-. The molecule has 1 heterocycles. The van der Waals surface area contributed by atoms with Crippen LogP contribution in [0.4, 0.5) is 4.79 Å². The van der Waals surface area contributed by atoms with Gasteiger partial charge in [0.15, 0.2) is 0 Å². The van der Waals surface area contributed by atoms with Crippen LogP contribution < -0.4 is 4.74 Å². The van der Waals surface area contributed by atoms with E-state index in [0.717, 1.165) is 32.6 Å². The summed E-state index contributed by atoms with van der Waals surface area (Å²) in [5, 5.41) is 1.94. The zero-order valence-electron chi connectivity index (χ0n) is 18.6. The van der Waals surface area contributed by atoms with Crippen molar-refractivity contribution in [1.29, 1.82) is 0 Å². The number of halogens is 2. The van der Waals surface area contributed by atoms with Gasteiger partial charge >= 0.3 is 5.97 Å². The molecule has 0 saturated carbocycles. The highest BCUT2D eigenvalue weighted by atomic mass is 79.9. The molecule has 1 fully saturated rings. The second-order valence-electron chi connectivity index (χ2n) is 7.96. The number of ether oxygens (including phenoxy) is 1. The second-order valence-corrected chi connectivity index (χ2v) is 10.3. The molecule has 0 aromatic heterocycles. The first-order valence-corrected chi connectivity index (χ1v) is 12.9. The van der Waals surface area contributed by atoms with Crippen LogP contribution >= 0.6 is 39.3 Å². The van der Waals surface area contributed by atoms with Gasteiger partial charge in [-0.2, -0.15) is 0 Å². The molecule has 4 aromatic carbocycles. The van der Waals surface area contributed by atoms with Gasteiger partial charge in [-0.1, -0.05) is 82.1 Å². The molecular weight excluding hydrogens is 562 g/mol. The van der Waals surface area contributed by atoms with Crippen LogP contribution in [0.1, 0.15) is 21.5 Å². The minimum absolute atomic E-state index is 0.163. The van der Waals surface area contributed by atoms with Crippen molar-refractivity contribution in [2.45, 2.75) is 6.54 Å². The van der Waals surface area contributed by atoms with E-state index in [4.69, 9.17) is 16.3 Å². The van der Waals surface area contributed by atoms with Crippen molar-refractivity contribution in [3.05, 3.63) is 116 Å². The summed E-state index contributed by atoms with van der Waals surface area (Å²) in [5.74, 6) is -0.785. The molecule has 0 spiro atoms. The molecule has 0 aliphatic carbocycles. The maximum absolute atomic E-state index is 13.2. The van der Waals surface area contributed by atoms with Crippen molar-refractivity contribution in [3.63, 3.8) is 0 Å². The Morgan fingerprint density at radius 3 is 2.56 bits per heavy atom. The Kier molecular flexibility index (Phi) is 6.96. The Balaban J connectivity index is 1.43. The van der Waals surface area contributed by atoms with E-state index in [1.165, 1.54) is 4.90 Å². The van der Waals surface area contributed by atoms with Crippen LogP contribution in [-0.4, -0.2) is 22.0 Å². The molecule has 4 aromatic rings. The van der Waals surface area contributed by atoms with E-state index < -0.39 is 11.9 Å². The van der Waals surface area contributed by atoms with Crippen LogP contribution in [-0.2, 0) is 11.3 Å². The third-order valence-electron chi connectivity index (χ3n) is 5.64. The number of imide groups is 1. The summed E-state index contributed by atoms with van der Waals surface area (Å²) in [6.45, 7) is 0.163. The SMILES string of the molecule is O=C(Oc1ccc(Br)cc1/C=C1\SC(=O)N(Cc2cccc3ccccc23)C1=O)c1ccccc1Cl. The van der Waals surface area contributed by atoms with Crippen LogP contribution in [0.25, 0.3) is 16.8 Å². The molecule has 0 unspecified atom stereocenters. The third kappa shape index (κ3) is 4.95. The van der Waals surface area contributed by atoms with Gasteiger partial charge in [0.1, 0.15) is 5.75 Å². The third-order valence-corrected chi connectivity index (χ3v) is 7.37. The van der Waals surface area contributed by atoms with E-state index in [2.05, 4.69) is 15.9 Å². The van der Waals surface area contributed by atoms with Gasteiger partial charge < -0.3 is 4.74 Å².